The summed E-state index contributed by atoms with van der Waals surface area (Å²) >= 11 is 26.3. The van der Waals surface area contributed by atoms with Crippen molar-refractivity contribution in [3.63, 3.8) is 0 Å². The van der Waals surface area contributed by atoms with Crippen LogP contribution in [0.1, 0.15) is 11.1 Å². The maximum atomic E-state index is 6.77. The molecule has 0 atom stereocenters. The third kappa shape index (κ3) is 4.15. The molecule has 4 rings (SSSR count). The highest BCUT2D eigenvalue weighted by atomic mass is 35.5. The van der Waals surface area contributed by atoms with Crippen LogP contribution in [-0.2, 0) is 0 Å². The minimum Gasteiger partial charge on any atom is -0.0827 e. The average molecular weight is 470 g/mol. The van der Waals surface area contributed by atoms with Crippen molar-refractivity contribution in [1.29, 1.82) is 0 Å². The first-order valence-corrected chi connectivity index (χ1v) is 10.8. The molecule has 0 saturated carbocycles. The summed E-state index contributed by atoms with van der Waals surface area (Å²) in [4.78, 5) is 0. The largest absolute Gasteiger partial charge is 0.115 e. The Hall–Kier alpha value is -2.22. The van der Waals surface area contributed by atoms with E-state index in [1.54, 1.807) is 0 Å². The molecule has 0 bridgehead atoms. The molecule has 0 heterocycles. The van der Waals surface area contributed by atoms with Gasteiger partial charge >= 0.3 is 0 Å². The van der Waals surface area contributed by atoms with Crippen LogP contribution in [0.2, 0.25) is 10.0 Å². The van der Waals surface area contributed by atoms with Crippen molar-refractivity contribution in [2.75, 3.05) is 0 Å². The lowest BCUT2D eigenvalue weighted by atomic mass is 9.86. The first kappa shape index (κ1) is 21.0. The maximum absolute atomic E-state index is 6.77. The molecule has 0 aliphatic rings. The molecule has 0 unspecified atom stereocenters. The number of hydrogen-bond acceptors (Lipinski definition) is 0. The zero-order chi connectivity index (χ0) is 21.1. The quantitative estimate of drug-likeness (QED) is 0.279. The van der Waals surface area contributed by atoms with E-state index in [1.165, 1.54) is 0 Å². The van der Waals surface area contributed by atoms with Crippen molar-refractivity contribution in [2.24, 2.45) is 0 Å². The first-order chi connectivity index (χ1) is 14.6. The van der Waals surface area contributed by atoms with Gasteiger partial charge in [0.25, 0.3) is 0 Å². The topological polar surface area (TPSA) is 0 Å². The van der Waals surface area contributed by atoms with Crippen LogP contribution in [0.4, 0.5) is 0 Å². The highest BCUT2D eigenvalue weighted by molar-refractivity contribution is 6.59. The van der Waals surface area contributed by atoms with E-state index in [-0.39, 0.29) is 4.49 Å². The van der Waals surface area contributed by atoms with Crippen molar-refractivity contribution in [3.8, 4) is 22.3 Å². The van der Waals surface area contributed by atoms with Crippen LogP contribution in [0, 0.1) is 0 Å². The molecule has 4 aromatic carbocycles. The van der Waals surface area contributed by atoms with Crippen LogP contribution < -0.4 is 0 Å². The van der Waals surface area contributed by atoms with Crippen molar-refractivity contribution >= 4 is 52.0 Å². The summed E-state index contributed by atoms with van der Waals surface area (Å²) in [7, 11) is 0. The summed E-state index contributed by atoms with van der Waals surface area (Å²) in [5, 5.41) is 0.928. The Kier molecular flexibility index (Phi) is 6.51. The molecule has 148 valence electrons. The molecule has 0 spiro atoms. The normalized spacial score (nSPS) is 10.7. The Labute approximate surface area is 196 Å². The number of halogens is 4. The van der Waals surface area contributed by atoms with Crippen LogP contribution >= 0.6 is 46.4 Å². The molecule has 30 heavy (non-hydrogen) atoms. The van der Waals surface area contributed by atoms with E-state index in [1.807, 2.05) is 97.1 Å². The second-order valence-electron chi connectivity index (χ2n) is 6.70. The lowest BCUT2D eigenvalue weighted by Crippen LogP contribution is -1.98. The lowest BCUT2D eigenvalue weighted by Gasteiger charge is -2.21. The molecule has 0 saturated heterocycles. The number of benzene rings is 4. The zero-order valence-corrected chi connectivity index (χ0v) is 18.8. The third-order valence-electron chi connectivity index (χ3n) is 4.87. The molecule has 0 aliphatic heterocycles. The highest BCUT2D eigenvalue weighted by Gasteiger charge is 2.23. The molecule has 4 aromatic rings. The van der Waals surface area contributed by atoms with Crippen molar-refractivity contribution in [3.05, 3.63) is 123 Å². The van der Waals surface area contributed by atoms with E-state index in [0.29, 0.717) is 15.6 Å². The Balaban J connectivity index is 2.15. The third-order valence-corrected chi connectivity index (χ3v) is 6.03. The van der Waals surface area contributed by atoms with Crippen molar-refractivity contribution in [1.82, 2.24) is 0 Å². The molecule has 4 heteroatoms. The summed E-state index contributed by atoms with van der Waals surface area (Å²) in [6, 6.07) is 31.6. The van der Waals surface area contributed by atoms with Crippen LogP contribution in [0.25, 0.3) is 27.8 Å². The van der Waals surface area contributed by atoms with E-state index in [0.717, 1.165) is 33.4 Å². The van der Waals surface area contributed by atoms with Gasteiger partial charge in [0.15, 0.2) is 0 Å². The second kappa shape index (κ2) is 9.29. The molecule has 0 nitrogen and oxygen atoms in total. The van der Waals surface area contributed by atoms with Gasteiger partial charge in [0.2, 0.25) is 0 Å². The van der Waals surface area contributed by atoms with Gasteiger partial charge in [-0.05, 0) is 33.9 Å². The number of rotatable bonds is 4. The van der Waals surface area contributed by atoms with Crippen LogP contribution in [0.15, 0.2) is 102 Å². The summed E-state index contributed by atoms with van der Waals surface area (Å²) in [6.45, 7) is 0. The predicted octanol–water partition coefficient (Wildman–Crippen LogP) is 9.52. The standard InChI is InChI=1S/C26H16Cl4/c27-21-16-20(23(26(29)30)18-12-6-2-7-13-18)22(17-10-4-1-5-11-17)24(25(21)28)19-14-8-3-9-15-19/h1-16H. The van der Waals surface area contributed by atoms with Gasteiger partial charge in [0.05, 0.1) is 10.0 Å². The monoisotopic (exact) mass is 468 g/mol. The molecule has 0 aliphatic carbocycles. The molecular formula is C26H16Cl4. The summed E-state index contributed by atoms with van der Waals surface area (Å²) < 4.78 is 0.163. The smallest absolute Gasteiger partial charge is 0.0827 e. The molecular weight excluding hydrogens is 454 g/mol. The van der Waals surface area contributed by atoms with Gasteiger partial charge in [-0.1, -0.05) is 137 Å². The van der Waals surface area contributed by atoms with E-state index in [9.17, 15) is 0 Å². The molecule has 0 radical (unpaired) electrons. The highest BCUT2D eigenvalue weighted by Crippen LogP contribution is 2.47. The number of hydrogen-bond donors (Lipinski definition) is 0. The Morgan fingerprint density at radius 1 is 0.567 bits per heavy atom. The Morgan fingerprint density at radius 3 is 1.53 bits per heavy atom. The van der Waals surface area contributed by atoms with Gasteiger partial charge < -0.3 is 0 Å². The van der Waals surface area contributed by atoms with Gasteiger partial charge in [0.1, 0.15) is 4.49 Å². The Morgan fingerprint density at radius 2 is 1.03 bits per heavy atom. The van der Waals surface area contributed by atoms with Gasteiger partial charge in [-0.15, -0.1) is 0 Å². The summed E-state index contributed by atoms with van der Waals surface area (Å²) in [5.41, 5.74) is 6.14. The predicted molar refractivity (Wildman–Crippen MR) is 132 cm³/mol. The van der Waals surface area contributed by atoms with Crippen molar-refractivity contribution < 1.29 is 0 Å². The minimum atomic E-state index is 0.163. The first-order valence-electron chi connectivity index (χ1n) is 9.32. The average Bonchev–Trinajstić information content (AvgIpc) is 2.77. The molecule has 0 amide bonds. The van der Waals surface area contributed by atoms with Gasteiger partial charge in [-0.3, -0.25) is 0 Å². The van der Waals surface area contributed by atoms with Crippen LogP contribution in [0.3, 0.4) is 0 Å². The zero-order valence-electron chi connectivity index (χ0n) is 15.7. The maximum Gasteiger partial charge on any atom is 0.115 e. The van der Waals surface area contributed by atoms with E-state index in [4.69, 9.17) is 46.4 Å². The van der Waals surface area contributed by atoms with Gasteiger partial charge in [0, 0.05) is 11.1 Å². The minimum absolute atomic E-state index is 0.163. The molecule has 0 fully saturated rings. The lowest BCUT2D eigenvalue weighted by molar-refractivity contribution is 1.51. The van der Waals surface area contributed by atoms with Crippen molar-refractivity contribution in [2.45, 2.75) is 0 Å². The van der Waals surface area contributed by atoms with E-state index in [2.05, 4.69) is 0 Å². The molecule has 0 N–H and O–H groups in total. The summed E-state index contributed by atoms with van der Waals surface area (Å²) in [6.07, 6.45) is 0. The Bertz CT molecular complexity index is 1190. The fourth-order valence-electron chi connectivity index (χ4n) is 3.58. The van der Waals surface area contributed by atoms with Crippen LogP contribution in [0.5, 0.6) is 0 Å². The SMILES string of the molecule is ClC(Cl)=C(c1ccccc1)c1cc(Cl)c(Cl)c(-c2ccccc2)c1-c1ccccc1. The summed E-state index contributed by atoms with van der Waals surface area (Å²) in [5.74, 6) is 0. The molecule has 0 aromatic heterocycles. The van der Waals surface area contributed by atoms with Gasteiger partial charge in [-0.2, -0.15) is 0 Å². The van der Waals surface area contributed by atoms with Gasteiger partial charge in [-0.25, -0.2) is 0 Å². The fourth-order valence-corrected chi connectivity index (χ4v) is 4.46. The fraction of sp³-hybridized carbons (Fsp3) is 0. The van der Waals surface area contributed by atoms with E-state index < -0.39 is 0 Å². The van der Waals surface area contributed by atoms with E-state index >= 15 is 0 Å². The van der Waals surface area contributed by atoms with Crippen LogP contribution in [-0.4, -0.2) is 0 Å². The second-order valence-corrected chi connectivity index (χ2v) is 8.44.